The van der Waals surface area contributed by atoms with Crippen LogP contribution in [0.4, 0.5) is 0 Å². The van der Waals surface area contributed by atoms with Crippen molar-refractivity contribution >= 4 is 5.91 Å². The lowest BCUT2D eigenvalue weighted by atomic mass is 10.0. The highest BCUT2D eigenvalue weighted by atomic mass is 16.5. The third kappa shape index (κ3) is 4.91. The first-order valence-electron chi connectivity index (χ1n) is 6.74. The summed E-state index contributed by atoms with van der Waals surface area (Å²) in [6, 6.07) is 8.30. The molecule has 4 nitrogen and oxygen atoms in total. The molecule has 1 amide bonds. The zero-order chi connectivity index (χ0) is 14.3. The average molecular weight is 264 g/mol. The number of carbonyl (C=O) groups is 1. The maximum Gasteiger partial charge on any atom is 0.259 e. The van der Waals surface area contributed by atoms with Crippen LogP contribution in [0.15, 0.2) is 24.3 Å². The predicted octanol–water partition coefficient (Wildman–Crippen LogP) is 2.21. The van der Waals surface area contributed by atoms with E-state index < -0.39 is 0 Å². The molecule has 1 atom stereocenters. The van der Waals surface area contributed by atoms with E-state index in [0.29, 0.717) is 6.04 Å². The molecule has 0 saturated carbocycles. The summed E-state index contributed by atoms with van der Waals surface area (Å²) in [4.78, 5) is 12.9. The van der Waals surface area contributed by atoms with E-state index in [4.69, 9.17) is 4.74 Å². The minimum Gasteiger partial charge on any atom is -0.484 e. The minimum absolute atomic E-state index is 0.0387. The standard InChI is InChI=1S/C15H24N2O2/c1-5-14(16-6-2)12-7-9-13(10-8-12)19-11-15(18)17(3)4/h7-10,14,16H,5-6,11H2,1-4H3. The second-order valence-electron chi connectivity index (χ2n) is 4.66. The lowest BCUT2D eigenvalue weighted by Crippen LogP contribution is -2.27. The first-order valence-corrected chi connectivity index (χ1v) is 6.74. The Kier molecular flexibility index (Phi) is 6.36. The van der Waals surface area contributed by atoms with Crippen molar-refractivity contribution < 1.29 is 9.53 Å². The van der Waals surface area contributed by atoms with Gasteiger partial charge in [-0.05, 0) is 30.7 Å². The van der Waals surface area contributed by atoms with Crippen LogP contribution in [-0.4, -0.2) is 38.1 Å². The average Bonchev–Trinajstić information content (AvgIpc) is 2.42. The Morgan fingerprint density at radius 3 is 2.37 bits per heavy atom. The van der Waals surface area contributed by atoms with Gasteiger partial charge in [0.25, 0.3) is 5.91 Å². The number of hydrogen-bond acceptors (Lipinski definition) is 3. The van der Waals surface area contributed by atoms with Crippen molar-refractivity contribution in [2.24, 2.45) is 0 Å². The number of nitrogens with zero attached hydrogens (tertiary/aromatic N) is 1. The van der Waals surface area contributed by atoms with E-state index in [1.54, 1.807) is 14.1 Å². The molecule has 1 unspecified atom stereocenters. The normalized spacial score (nSPS) is 12.0. The van der Waals surface area contributed by atoms with Gasteiger partial charge in [-0.25, -0.2) is 0 Å². The van der Waals surface area contributed by atoms with E-state index in [2.05, 4.69) is 19.2 Å². The molecule has 0 saturated heterocycles. The van der Waals surface area contributed by atoms with Crippen molar-refractivity contribution in [1.82, 2.24) is 10.2 Å². The van der Waals surface area contributed by atoms with Crippen molar-refractivity contribution in [1.29, 1.82) is 0 Å². The van der Waals surface area contributed by atoms with Crippen LogP contribution in [0.1, 0.15) is 31.9 Å². The van der Waals surface area contributed by atoms with Crippen LogP contribution in [0, 0.1) is 0 Å². The van der Waals surface area contributed by atoms with Gasteiger partial charge in [0.1, 0.15) is 5.75 Å². The van der Waals surface area contributed by atoms with Gasteiger partial charge in [0, 0.05) is 20.1 Å². The third-order valence-electron chi connectivity index (χ3n) is 3.00. The molecule has 0 aliphatic carbocycles. The fourth-order valence-corrected chi connectivity index (χ4v) is 1.81. The second kappa shape index (κ2) is 7.79. The Bertz CT molecular complexity index is 388. The van der Waals surface area contributed by atoms with Crippen molar-refractivity contribution in [3.63, 3.8) is 0 Å². The van der Waals surface area contributed by atoms with Gasteiger partial charge in [-0.15, -0.1) is 0 Å². The smallest absolute Gasteiger partial charge is 0.259 e. The lowest BCUT2D eigenvalue weighted by Gasteiger charge is -2.17. The summed E-state index contributed by atoms with van der Waals surface area (Å²) in [6.07, 6.45) is 1.05. The largest absolute Gasteiger partial charge is 0.484 e. The molecule has 1 aromatic carbocycles. The number of likely N-dealkylation sites (N-methyl/N-ethyl adjacent to an activating group) is 1. The molecule has 1 N–H and O–H groups in total. The maximum atomic E-state index is 11.4. The van der Waals surface area contributed by atoms with E-state index in [9.17, 15) is 4.79 Å². The number of carbonyl (C=O) groups excluding carboxylic acids is 1. The number of amides is 1. The van der Waals surface area contributed by atoms with E-state index in [0.717, 1.165) is 18.7 Å². The Hall–Kier alpha value is -1.55. The molecule has 0 fully saturated rings. The van der Waals surface area contributed by atoms with Crippen molar-refractivity contribution in [2.45, 2.75) is 26.3 Å². The molecule has 106 valence electrons. The Labute approximate surface area is 115 Å². The van der Waals surface area contributed by atoms with E-state index >= 15 is 0 Å². The molecule has 0 aliphatic heterocycles. The molecular formula is C15H24N2O2. The quantitative estimate of drug-likeness (QED) is 0.821. The highest BCUT2D eigenvalue weighted by Crippen LogP contribution is 2.20. The van der Waals surface area contributed by atoms with Crippen molar-refractivity contribution in [3.8, 4) is 5.75 Å². The molecular weight excluding hydrogens is 240 g/mol. The molecule has 0 aromatic heterocycles. The van der Waals surface area contributed by atoms with Crippen molar-refractivity contribution in [3.05, 3.63) is 29.8 Å². The second-order valence-corrected chi connectivity index (χ2v) is 4.66. The first kappa shape index (κ1) is 15.5. The Morgan fingerprint density at radius 2 is 1.89 bits per heavy atom. The number of hydrogen-bond donors (Lipinski definition) is 1. The van der Waals surface area contributed by atoms with Gasteiger partial charge in [-0.3, -0.25) is 4.79 Å². The van der Waals surface area contributed by atoms with Crippen LogP contribution < -0.4 is 10.1 Å². The Morgan fingerprint density at radius 1 is 1.26 bits per heavy atom. The molecule has 1 aromatic rings. The summed E-state index contributed by atoms with van der Waals surface area (Å²) in [5.41, 5.74) is 1.25. The third-order valence-corrected chi connectivity index (χ3v) is 3.00. The lowest BCUT2D eigenvalue weighted by molar-refractivity contribution is -0.130. The van der Waals surface area contributed by atoms with Crippen LogP contribution in [-0.2, 0) is 4.79 Å². The van der Waals surface area contributed by atoms with Gasteiger partial charge in [0.15, 0.2) is 6.61 Å². The molecule has 4 heteroatoms. The number of ether oxygens (including phenoxy) is 1. The van der Waals surface area contributed by atoms with Crippen LogP contribution >= 0.6 is 0 Å². The van der Waals surface area contributed by atoms with Gasteiger partial charge in [-0.1, -0.05) is 26.0 Å². The fourth-order valence-electron chi connectivity index (χ4n) is 1.81. The number of rotatable bonds is 7. The highest BCUT2D eigenvalue weighted by molar-refractivity contribution is 5.77. The zero-order valence-electron chi connectivity index (χ0n) is 12.3. The number of benzene rings is 1. The van der Waals surface area contributed by atoms with Gasteiger partial charge in [-0.2, -0.15) is 0 Å². The molecule has 0 bridgehead atoms. The maximum absolute atomic E-state index is 11.4. The molecule has 0 spiro atoms. The molecule has 0 heterocycles. The summed E-state index contributed by atoms with van der Waals surface area (Å²) >= 11 is 0. The minimum atomic E-state index is -0.0387. The topological polar surface area (TPSA) is 41.6 Å². The zero-order valence-corrected chi connectivity index (χ0v) is 12.3. The molecule has 0 aliphatic rings. The molecule has 19 heavy (non-hydrogen) atoms. The first-order chi connectivity index (χ1) is 9.08. The van der Waals surface area contributed by atoms with Gasteiger partial charge >= 0.3 is 0 Å². The van der Waals surface area contributed by atoms with Crippen LogP contribution in [0.3, 0.4) is 0 Å². The van der Waals surface area contributed by atoms with E-state index in [1.165, 1.54) is 10.5 Å². The monoisotopic (exact) mass is 264 g/mol. The summed E-state index contributed by atoms with van der Waals surface area (Å²) in [6.45, 7) is 5.30. The summed E-state index contributed by atoms with van der Waals surface area (Å²) in [5, 5.41) is 3.43. The summed E-state index contributed by atoms with van der Waals surface area (Å²) in [5.74, 6) is 0.688. The fraction of sp³-hybridized carbons (Fsp3) is 0.533. The molecule has 1 rings (SSSR count). The van der Waals surface area contributed by atoms with E-state index in [-0.39, 0.29) is 12.5 Å². The van der Waals surface area contributed by atoms with Crippen molar-refractivity contribution in [2.75, 3.05) is 27.2 Å². The number of nitrogens with one attached hydrogen (secondary N) is 1. The Balaban J connectivity index is 2.58. The van der Waals surface area contributed by atoms with Gasteiger partial charge in [0.2, 0.25) is 0 Å². The predicted molar refractivity (Wildman–Crippen MR) is 77.3 cm³/mol. The molecule has 0 radical (unpaired) electrons. The van der Waals surface area contributed by atoms with E-state index in [1.807, 2.05) is 24.3 Å². The van der Waals surface area contributed by atoms with Crippen LogP contribution in [0.5, 0.6) is 5.75 Å². The summed E-state index contributed by atoms with van der Waals surface area (Å²) in [7, 11) is 3.44. The SMILES string of the molecule is CCNC(CC)c1ccc(OCC(=O)N(C)C)cc1. The van der Waals surface area contributed by atoms with Gasteiger partial charge in [0.05, 0.1) is 0 Å². The summed E-state index contributed by atoms with van der Waals surface area (Å²) < 4.78 is 5.45. The van der Waals surface area contributed by atoms with Gasteiger partial charge < -0.3 is 15.0 Å². The van der Waals surface area contributed by atoms with Crippen LogP contribution in [0.25, 0.3) is 0 Å². The highest BCUT2D eigenvalue weighted by Gasteiger charge is 2.08. The van der Waals surface area contributed by atoms with Crippen LogP contribution in [0.2, 0.25) is 0 Å².